The number of rotatable bonds is 4. The summed E-state index contributed by atoms with van der Waals surface area (Å²) in [5, 5.41) is -0.126. The Bertz CT molecular complexity index is 988. The Kier molecular flexibility index (Phi) is 5.76. The van der Waals surface area contributed by atoms with E-state index in [1.807, 2.05) is 0 Å². The summed E-state index contributed by atoms with van der Waals surface area (Å²) in [5.41, 5.74) is 2.90. The highest BCUT2D eigenvalue weighted by Crippen LogP contribution is 2.52. The number of fused-ring (bicyclic) bond motifs is 1. The molecule has 2 atom stereocenters. The van der Waals surface area contributed by atoms with E-state index in [2.05, 4.69) is 10.9 Å². The lowest BCUT2D eigenvalue weighted by Gasteiger charge is -2.36. The molecule has 2 N–H and O–H groups in total. The summed E-state index contributed by atoms with van der Waals surface area (Å²) in [5.74, 6) is -2.24. The fourth-order valence-corrected chi connectivity index (χ4v) is 3.89. The molecule has 1 aromatic rings. The number of benzene rings is 1. The van der Waals surface area contributed by atoms with Gasteiger partial charge in [-0.05, 0) is 6.07 Å². The number of nitrogens with one attached hydrogen (secondary N) is 2. The summed E-state index contributed by atoms with van der Waals surface area (Å²) in [6, 6.07) is 1.30. The molecule has 1 heterocycles. The number of hydrogen-bond donors (Lipinski definition) is 2. The number of carbonyl (C=O) groups excluding carboxylic acids is 4. The fraction of sp³-hybridized carbons (Fsp3) is 0.400. The lowest BCUT2D eigenvalue weighted by Crippen LogP contribution is -2.51. The molecule has 0 saturated carbocycles. The van der Waals surface area contributed by atoms with Crippen LogP contribution >= 0.6 is 11.6 Å². The molecular weight excluding hydrogens is 416 g/mol. The van der Waals surface area contributed by atoms with E-state index >= 15 is 0 Å². The monoisotopic (exact) mass is 436 g/mol. The molecule has 10 heteroatoms. The Morgan fingerprint density at radius 3 is 2.57 bits per heavy atom. The Morgan fingerprint density at radius 1 is 1.27 bits per heavy atom. The minimum atomic E-state index is -1.59. The summed E-state index contributed by atoms with van der Waals surface area (Å²) in [7, 11) is 2.68. The molecule has 160 valence electrons. The number of hydrogen-bond acceptors (Lipinski definition) is 7. The third-order valence-electron chi connectivity index (χ3n) is 5.19. The number of amides is 2. The predicted octanol–water partition coefficient (Wildman–Crippen LogP) is 1.97. The van der Waals surface area contributed by atoms with Gasteiger partial charge >= 0.3 is 0 Å². The van der Waals surface area contributed by atoms with E-state index in [-0.39, 0.29) is 52.0 Å². The number of hydrazine groups is 1. The Hall–Kier alpha value is -3.07. The second-order valence-electron chi connectivity index (χ2n) is 6.95. The smallest absolute Gasteiger partial charge is 0.271 e. The average molecular weight is 437 g/mol. The van der Waals surface area contributed by atoms with Crippen LogP contribution < -0.4 is 20.3 Å². The van der Waals surface area contributed by atoms with Crippen molar-refractivity contribution < 1.29 is 33.4 Å². The first-order chi connectivity index (χ1) is 14.2. The molecule has 0 bridgehead atoms. The third kappa shape index (κ3) is 3.19. The highest BCUT2D eigenvalue weighted by molar-refractivity contribution is 6.37. The minimum absolute atomic E-state index is 0.0443. The molecule has 0 fully saturated rings. The summed E-state index contributed by atoms with van der Waals surface area (Å²) in [6.45, 7) is 3.32. The highest BCUT2D eigenvalue weighted by Gasteiger charge is 2.59. The molecule has 30 heavy (non-hydrogen) atoms. The molecule has 1 spiro atoms. The second kappa shape index (κ2) is 7.98. The number of allylic oxidation sites excluding steroid dienone is 1. The van der Waals surface area contributed by atoms with Gasteiger partial charge in [0.05, 0.1) is 24.8 Å². The summed E-state index contributed by atoms with van der Waals surface area (Å²) >= 11 is 6.43. The fourth-order valence-electron chi connectivity index (χ4n) is 3.62. The van der Waals surface area contributed by atoms with Gasteiger partial charge < -0.3 is 14.2 Å². The van der Waals surface area contributed by atoms with E-state index in [0.29, 0.717) is 0 Å². The molecule has 1 aromatic carbocycles. The zero-order valence-corrected chi connectivity index (χ0v) is 17.6. The minimum Gasteiger partial charge on any atom is -0.496 e. The van der Waals surface area contributed by atoms with Crippen LogP contribution in [-0.2, 0) is 14.3 Å². The molecule has 2 amide bonds. The molecular formula is C20H21ClN2O7. The van der Waals surface area contributed by atoms with Gasteiger partial charge in [-0.25, -0.2) is 0 Å². The maximum absolute atomic E-state index is 13.5. The van der Waals surface area contributed by atoms with Crippen LogP contribution in [0.2, 0.25) is 5.02 Å². The molecule has 3 rings (SSSR count). The maximum Gasteiger partial charge on any atom is 0.271 e. The van der Waals surface area contributed by atoms with Gasteiger partial charge in [-0.15, -0.1) is 0 Å². The van der Waals surface area contributed by atoms with Crippen LogP contribution in [0.4, 0.5) is 0 Å². The van der Waals surface area contributed by atoms with Crippen molar-refractivity contribution in [2.75, 3.05) is 14.2 Å². The van der Waals surface area contributed by atoms with E-state index < -0.39 is 29.1 Å². The van der Waals surface area contributed by atoms with Gasteiger partial charge in [0.25, 0.3) is 5.91 Å². The van der Waals surface area contributed by atoms with Gasteiger partial charge in [0.2, 0.25) is 17.3 Å². The lowest BCUT2D eigenvalue weighted by atomic mass is 9.75. The van der Waals surface area contributed by atoms with Gasteiger partial charge in [0.15, 0.2) is 17.3 Å². The van der Waals surface area contributed by atoms with Crippen LogP contribution in [0.5, 0.6) is 11.5 Å². The largest absolute Gasteiger partial charge is 0.496 e. The Balaban J connectivity index is 2.10. The normalized spacial score (nSPS) is 22.2. The van der Waals surface area contributed by atoms with Crippen LogP contribution in [0.3, 0.4) is 0 Å². The zero-order chi connectivity index (χ0) is 22.2. The van der Waals surface area contributed by atoms with Crippen LogP contribution in [0.15, 0.2) is 17.9 Å². The number of halogens is 1. The molecule has 0 radical (unpaired) electrons. The van der Waals surface area contributed by atoms with Gasteiger partial charge in [-0.1, -0.05) is 25.4 Å². The summed E-state index contributed by atoms with van der Waals surface area (Å²) in [6.07, 6.45) is 1.48. The molecule has 0 aromatic heterocycles. The van der Waals surface area contributed by atoms with Crippen molar-refractivity contribution in [1.82, 2.24) is 10.9 Å². The molecule has 2 aliphatic rings. The van der Waals surface area contributed by atoms with Crippen LogP contribution in [0.1, 0.15) is 47.4 Å². The molecule has 0 saturated heterocycles. The number of ether oxygens (including phenoxy) is 3. The van der Waals surface area contributed by atoms with Crippen molar-refractivity contribution >= 4 is 35.0 Å². The van der Waals surface area contributed by atoms with Gasteiger partial charge in [-0.3, -0.25) is 30.0 Å². The SMILES string of the molecule is CCC(=O)NNC(=O)c1cc(OC)c2c(c1Cl)O[C@]1(C2=O)C(OC)=CC(=O)C[C@H]1C. The Labute approximate surface area is 177 Å². The molecule has 9 nitrogen and oxygen atoms in total. The second-order valence-corrected chi connectivity index (χ2v) is 7.33. The number of carbonyl (C=O) groups is 4. The first-order valence-corrected chi connectivity index (χ1v) is 9.61. The number of ketones is 2. The molecule has 0 unspecified atom stereocenters. The Morgan fingerprint density at radius 2 is 1.97 bits per heavy atom. The van der Waals surface area contributed by atoms with E-state index in [1.165, 1.54) is 26.4 Å². The van der Waals surface area contributed by atoms with Crippen LogP contribution in [-0.4, -0.2) is 43.2 Å². The summed E-state index contributed by atoms with van der Waals surface area (Å²) in [4.78, 5) is 49.4. The standard InChI is InChI=1S/C20H21ClN2O7/c1-5-14(25)22-23-19(27)11-8-12(28-3)15-17(16(11)21)30-20(18(15)26)9(2)6-10(24)7-13(20)29-4/h7-9H,5-6H2,1-4H3,(H,22,25)(H,23,27)/t9-,20+/m1/s1. The lowest BCUT2D eigenvalue weighted by molar-refractivity contribution is -0.121. The highest BCUT2D eigenvalue weighted by atomic mass is 35.5. The van der Waals surface area contributed by atoms with Crippen molar-refractivity contribution in [3.8, 4) is 11.5 Å². The number of Topliss-reactive ketones (excluding diaryl/α,β-unsaturated/α-hetero) is 1. The zero-order valence-electron chi connectivity index (χ0n) is 16.9. The van der Waals surface area contributed by atoms with Gasteiger partial charge in [0.1, 0.15) is 11.3 Å². The van der Waals surface area contributed by atoms with Crippen molar-refractivity contribution in [3.63, 3.8) is 0 Å². The topological polar surface area (TPSA) is 120 Å². The van der Waals surface area contributed by atoms with E-state index in [1.54, 1.807) is 13.8 Å². The predicted molar refractivity (Wildman–Crippen MR) is 105 cm³/mol. The van der Waals surface area contributed by atoms with Gasteiger partial charge in [-0.2, -0.15) is 0 Å². The van der Waals surface area contributed by atoms with E-state index in [0.717, 1.165) is 0 Å². The molecule has 1 aliphatic heterocycles. The van der Waals surface area contributed by atoms with Crippen molar-refractivity contribution in [1.29, 1.82) is 0 Å². The number of methoxy groups -OCH3 is 2. The third-order valence-corrected chi connectivity index (χ3v) is 5.57. The van der Waals surface area contributed by atoms with Gasteiger partial charge in [0, 0.05) is 24.8 Å². The first kappa shape index (κ1) is 21.6. The molecule has 1 aliphatic carbocycles. The first-order valence-electron chi connectivity index (χ1n) is 9.23. The van der Waals surface area contributed by atoms with Crippen LogP contribution in [0.25, 0.3) is 0 Å². The maximum atomic E-state index is 13.5. The van der Waals surface area contributed by atoms with Crippen molar-refractivity contribution in [3.05, 3.63) is 34.1 Å². The average Bonchev–Trinajstić information content (AvgIpc) is 3.04. The summed E-state index contributed by atoms with van der Waals surface area (Å²) < 4.78 is 16.7. The quantitative estimate of drug-likeness (QED) is 0.692. The van der Waals surface area contributed by atoms with Crippen LogP contribution in [0, 0.1) is 5.92 Å². The van der Waals surface area contributed by atoms with Crippen molar-refractivity contribution in [2.45, 2.75) is 32.3 Å². The van der Waals surface area contributed by atoms with Crippen molar-refractivity contribution in [2.24, 2.45) is 5.92 Å². The van der Waals surface area contributed by atoms with E-state index in [9.17, 15) is 19.2 Å². The van der Waals surface area contributed by atoms with E-state index in [4.69, 9.17) is 25.8 Å².